The molecule has 1 saturated heterocycles. The molecule has 1 aliphatic heterocycles. The van der Waals surface area contributed by atoms with Crippen molar-refractivity contribution >= 4 is 28.5 Å². The summed E-state index contributed by atoms with van der Waals surface area (Å²) in [5, 5.41) is 3.35. The van der Waals surface area contributed by atoms with Gasteiger partial charge in [0.15, 0.2) is 0 Å². The lowest BCUT2D eigenvalue weighted by Gasteiger charge is -2.18. The SMILES string of the molecule is Cc1nc(N2CCCC2)c2c(C(=O)Nc3cccc(F)c3)c(C)oc2n1. The molecule has 26 heavy (non-hydrogen) atoms. The first-order valence-electron chi connectivity index (χ1n) is 8.62. The third-order valence-electron chi connectivity index (χ3n) is 4.54. The maximum absolute atomic E-state index is 13.4. The van der Waals surface area contributed by atoms with Gasteiger partial charge in [-0.1, -0.05) is 6.07 Å². The lowest BCUT2D eigenvalue weighted by atomic mass is 10.1. The third-order valence-corrected chi connectivity index (χ3v) is 4.54. The number of hydrogen-bond donors (Lipinski definition) is 1. The van der Waals surface area contributed by atoms with Crippen LogP contribution in [0.3, 0.4) is 0 Å². The maximum Gasteiger partial charge on any atom is 0.260 e. The number of carbonyl (C=O) groups excluding carboxylic acids is 1. The Labute approximate surface area is 150 Å². The second kappa shape index (κ2) is 6.40. The Morgan fingerprint density at radius 1 is 1.23 bits per heavy atom. The standard InChI is InChI=1S/C19H19FN4O2/c1-11-15(18(25)23-14-7-5-6-13(20)10-14)16-17(24-8-3-4-9-24)21-12(2)22-19(16)26-11/h5-7,10H,3-4,8-9H2,1-2H3,(H,23,25). The fraction of sp³-hybridized carbons (Fsp3) is 0.316. The summed E-state index contributed by atoms with van der Waals surface area (Å²) in [5.41, 5.74) is 1.19. The topological polar surface area (TPSA) is 71.3 Å². The van der Waals surface area contributed by atoms with Gasteiger partial charge in [0.1, 0.15) is 23.2 Å². The molecule has 0 aliphatic carbocycles. The first-order chi connectivity index (χ1) is 12.5. The first-order valence-corrected chi connectivity index (χ1v) is 8.62. The van der Waals surface area contributed by atoms with Crippen molar-refractivity contribution in [1.29, 1.82) is 0 Å². The zero-order valence-corrected chi connectivity index (χ0v) is 14.7. The monoisotopic (exact) mass is 354 g/mol. The van der Waals surface area contributed by atoms with Gasteiger partial charge in [-0.05, 0) is 44.9 Å². The summed E-state index contributed by atoms with van der Waals surface area (Å²) < 4.78 is 19.2. The highest BCUT2D eigenvalue weighted by molar-refractivity contribution is 6.15. The number of aryl methyl sites for hydroxylation is 2. The molecular formula is C19H19FN4O2. The number of nitrogens with zero attached hydrogens (tertiary/aromatic N) is 3. The summed E-state index contributed by atoms with van der Waals surface area (Å²) in [5.74, 6) is 1.03. The average molecular weight is 354 g/mol. The fourth-order valence-electron chi connectivity index (χ4n) is 3.39. The molecule has 0 unspecified atom stereocenters. The minimum Gasteiger partial charge on any atom is -0.442 e. The van der Waals surface area contributed by atoms with Gasteiger partial charge in [0, 0.05) is 18.8 Å². The molecule has 1 N–H and O–H groups in total. The van der Waals surface area contributed by atoms with Crippen molar-refractivity contribution in [3.8, 4) is 0 Å². The predicted molar refractivity (Wildman–Crippen MR) is 97.1 cm³/mol. The van der Waals surface area contributed by atoms with Crippen LogP contribution < -0.4 is 10.2 Å². The number of aromatic nitrogens is 2. The Hall–Kier alpha value is -2.96. The van der Waals surface area contributed by atoms with E-state index < -0.39 is 5.82 Å². The number of furan rings is 1. The molecule has 0 atom stereocenters. The van der Waals surface area contributed by atoms with Crippen LogP contribution in [0.25, 0.3) is 11.1 Å². The van der Waals surface area contributed by atoms with Gasteiger partial charge in [0.25, 0.3) is 5.91 Å². The number of fused-ring (bicyclic) bond motifs is 1. The minimum atomic E-state index is -0.409. The molecule has 4 rings (SSSR count). The zero-order valence-electron chi connectivity index (χ0n) is 14.7. The number of nitrogens with one attached hydrogen (secondary N) is 1. The van der Waals surface area contributed by atoms with Crippen LogP contribution in [0.1, 0.15) is 34.8 Å². The van der Waals surface area contributed by atoms with E-state index in [0.29, 0.717) is 33.9 Å². The van der Waals surface area contributed by atoms with Crippen molar-refractivity contribution in [3.63, 3.8) is 0 Å². The van der Waals surface area contributed by atoms with E-state index in [1.807, 2.05) is 6.92 Å². The number of halogens is 1. The van der Waals surface area contributed by atoms with E-state index in [1.165, 1.54) is 12.1 Å². The van der Waals surface area contributed by atoms with E-state index in [-0.39, 0.29) is 5.91 Å². The van der Waals surface area contributed by atoms with E-state index in [2.05, 4.69) is 20.2 Å². The average Bonchev–Trinajstić information content (AvgIpc) is 3.21. The fourth-order valence-corrected chi connectivity index (χ4v) is 3.39. The second-order valence-corrected chi connectivity index (χ2v) is 6.47. The van der Waals surface area contributed by atoms with Gasteiger partial charge in [-0.3, -0.25) is 4.79 Å². The van der Waals surface area contributed by atoms with Crippen LogP contribution in [-0.2, 0) is 0 Å². The Balaban J connectivity index is 1.81. The van der Waals surface area contributed by atoms with Crippen molar-refractivity contribution < 1.29 is 13.6 Å². The Morgan fingerprint density at radius 2 is 2.00 bits per heavy atom. The Morgan fingerprint density at radius 3 is 2.73 bits per heavy atom. The molecule has 0 spiro atoms. The number of rotatable bonds is 3. The summed E-state index contributed by atoms with van der Waals surface area (Å²) in [7, 11) is 0. The van der Waals surface area contributed by atoms with Gasteiger partial charge in [-0.2, -0.15) is 4.98 Å². The lowest BCUT2D eigenvalue weighted by Crippen LogP contribution is -2.21. The molecule has 3 heterocycles. The third kappa shape index (κ3) is 2.89. The molecule has 1 aromatic carbocycles. The van der Waals surface area contributed by atoms with Crippen molar-refractivity contribution in [2.75, 3.05) is 23.3 Å². The molecule has 1 aliphatic rings. The van der Waals surface area contributed by atoms with Gasteiger partial charge < -0.3 is 14.6 Å². The van der Waals surface area contributed by atoms with Gasteiger partial charge >= 0.3 is 0 Å². The van der Waals surface area contributed by atoms with E-state index in [1.54, 1.807) is 19.1 Å². The lowest BCUT2D eigenvalue weighted by molar-refractivity contribution is 0.102. The van der Waals surface area contributed by atoms with Crippen molar-refractivity contribution in [2.45, 2.75) is 26.7 Å². The van der Waals surface area contributed by atoms with Crippen molar-refractivity contribution in [1.82, 2.24) is 9.97 Å². The minimum absolute atomic E-state index is 0.361. The highest BCUT2D eigenvalue weighted by Crippen LogP contribution is 2.33. The Kier molecular flexibility index (Phi) is 4.06. The summed E-state index contributed by atoms with van der Waals surface area (Å²) in [6, 6.07) is 5.79. The molecular weight excluding hydrogens is 335 g/mol. The molecule has 7 heteroatoms. The second-order valence-electron chi connectivity index (χ2n) is 6.47. The van der Waals surface area contributed by atoms with Gasteiger partial charge in [-0.25, -0.2) is 9.37 Å². The number of anilines is 2. The van der Waals surface area contributed by atoms with Gasteiger partial charge in [0.05, 0.1) is 10.9 Å². The smallest absolute Gasteiger partial charge is 0.260 e. The molecule has 134 valence electrons. The normalized spacial score (nSPS) is 14.2. The van der Waals surface area contributed by atoms with Crippen LogP contribution in [0.2, 0.25) is 0 Å². The van der Waals surface area contributed by atoms with Crippen molar-refractivity contribution in [3.05, 3.63) is 47.2 Å². The number of hydrogen-bond acceptors (Lipinski definition) is 5. The molecule has 2 aromatic heterocycles. The quantitative estimate of drug-likeness (QED) is 0.774. The van der Waals surface area contributed by atoms with E-state index in [0.717, 1.165) is 31.7 Å². The largest absolute Gasteiger partial charge is 0.442 e. The molecule has 0 saturated carbocycles. The summed E-state index contributed by atoms with van der Waals surface area (Å²) in [6.45, 7) is 5.32. The van der Waals surface area contributed by atoms with Crippen LogP contribution in [-0.4, -0.2) is 29.0 Å². The molecule has 3 aromatic rings. The van der Waals surface area contributed by atoms with E-state index in [9.17, 15) is 9.18 Å². The van der Waals surface area contributed by atoms with Crippen LogP contribution in [0, 0.1) is 19.7 Å². The van der Waals surface area contributed by atoms with Crippen LogP contribution in [0.5, 0.6) is 0 Å². The molecule has 0 radical (unpaired) electrons. The summed E-state index contributed by atoms with van der Waals surface area (Å²) >= 11 is 0. The highest BCUT2D eigenvalue weighted by Gasteiger charge is 2.27. The number of carbonyl (C=O) groups is 1. The predicted octanol–water partition coefficient (Wildman–Crippen LogP) is 3.83. The van der Waals surface area contributed by atoms with Gasteiger partial charge in [-0.15, -0.1) is 0 Å². The summed E-state index contributed by atoms with van der Waals surface area (Å²) in [4.78, 5) is 24.0. The van der Waals surface area contributed by atoms with E-state index >= 15 is 0 Å². The van der Waals surface area contributed by atoms with E-state index in [4.69, 9.17) is 4.42 Å². The van der Waals surface area contributed by atoms with Crippen LogP contribution in [0.15, 0.2) is 28.7 Å². The highest BCUT2D eigenvalue weighted by atomic mass is 19.1. The number of benzene rings is 1. The Bertz CT molecular complexity index is 993. The molecule has 6 nitrogen and oxygen atoms in total. The van der Waals surface area contributed by atoms with Crippen LogP contribution >= 0.6 is 0 Å². The van der Waals surface area contributed by atoms with Crippen molar-refractivity contribution in [2.24, 2.45) is 0 Å². The maximum atomic E-state index is 13.4. The zero-order chi connectivity index (χ0) is 18.3. The molecule has 0 bridgehead atoms. The van der Waals surface area contributed by atoms with Gasteiger partial charge in [0.2, 0.25) is 5.71 Å². The summed E-state index contributed by atoms with van der Waals surface area (Å²) in [6.07, 6.45) is 2.18. The molecule has 1 amide bonds. The number of amides is 1. The van der Waals surface area contributed by atoms with Crippen LogP contribution in [0.4, 0.5) is 15.9 Å². The molecule has 1 fully saturated rings. The first kappa shape index (κ1) is 16.5.